The Hall–Kier alpha value is -1.80. The molecule has 26 heavy (non-hydrogen) atoms. The molecule has 2 aliphatic rings. The van der Waals surface area contributed by atoms with Gasteiger partial charge in [-0.1, -0.05) is 42.5 Å². The van der Waals surface area contributed by atoms with Gasteiger partial charge in [0.15, 0.2) is 0 Å². The molecule has 2 unspecified atom stereocenters. The molecule has 2 aliphatic heterocycles. The van der Waals surface area contributed by atoms with E-state index in [2.05, 4.69) is 0 Å². The van der Waals surface area contributed by atoms with Gasteiger partial charge in [-0.15, -0.1) is 24.2 Å². The number of hydrogen-bond donors (Lipinski definition) is 1. The number of esters is 1. The molecule has 2 N–H and O–H groups in total. The third kappa shape index (κ3) is 3.66. The Bertz CT molecular complexity index is 738. The van der Waals surface area contributed by atoms with Crippen LogP contribution in [0.25, 0.3) is 0 Å². The lowest BCUT2D eigenvalue weighted by Crippen LogP contribution is -2.68. The maximum Gasteiger partial charge on any atom is 0.357 e. The number of amides is 1. The third-order valence-corrected chi connectivity index (χ3v) is 5.42. The summed E-state index contributed by atoms with van der Waals surface area (Å²) in [5.74, 6) is -0.255. The molecule has 1 fully saturated rings. The lowest BCUT2D eigenvalue weighted by molar-refractivity contribution is -0.175. The highest BCUT2D eigenvalue weighted by Gasteiger charge is 2.52. The van der Waals surface area contributed by atoms with E-state index in [1.807, 2.05) is 49.4 Å². The molecule has 0 saturated carbocycles. The smallest absolute Gasteiger partial charge is 0.357 e. The van der Waals surface area contributed by atoms with Crippen molar-refractivity contribution in [2.45, 2.75) is 24.6 Å². The number of nitrogens with two attached hydrogens (primary N) is 1. The Morgan fingerprint density at radius 3 is 2.69 bits per heavy atom. The minimum absolute atomic E-state index is 0. The van der Waals surface area contributed by atoms with Crippen LogP contribution in [0.5, 0.6) is 0 Å². The molecule has 1 aromatic carbocycles. The van der Waals surface area contributed by atoms with Crippen LogP contribution >= 0.6 is 24.2 Å². The van der Waals surface area contributed by atoms with Crippen LogP contribution in [-0.4, -0.2) is 41.1 Å². The highest BCUT2D eigenvalue weighted by atomic mass is 35.5. The molecule has 1 aromatic rings. The normalized spacial score (nSPS) is 23.2. The molecule has 0 radical (unpaired) electrons. The summed E-state index contributed by atoms with van der Waals surface area (Å²) in [6.45, 7) is 1.86. The maximum atomic E-state index is 12.8. The van der Waals surface area contributed by atoms with Gasteiger partial charge in [0.2, 0.25) is 12.2 Å². The zero-order chi connectivity index (χ0) is 18.0. The van der Waals surface area contributed by atoms with Crippen molar-refractivity contribution in [2.24, 2.45) is 5.73 Å². The predicted octanol–water partition coefficient (Wildman–Crippen LogP) is 2.37. The number of allylic oxidation sites excluding steroid dienone is 2. The van der Waals surface area contributed by atoms with Crippen LogP contribution in [0.4, 0.5) is 0 Å². The molecule has 0 aromatic heterocycles. The molecule has 0 aliphatic carbocycles. The van der Waals surface area contributed by atoms with Crippen LogP contribution in [-0.2, 0) is 19.1 Å². The Labute approximate surface area is 162 Å². The van der Waals surface area contributed by atoms with E-state index in [1.54, 1.807) is 11.8 Å². The summed E-state index contributed by atoms with van der Waals surface area (Å²) in [4.78, 5) is 26.4. The van der Waals surface area contributed by atoms with Crippen molar-refractivity contribution >= 4 is 36.0 Å². The SMILES string of the molecule is CC=CC1=C(C(=O)OC(OC)c2ccccc2)N2C(=O)C(N)[C@@H]2SC1.Cl. The van der Waals surface area contributed by atoms with Gasteiger partial charge in [-0.2, -0.15) is 0 Å². The molecule has 1 saturated heterocycles. The van der Waals surface area contributed by atoms with Crippen LogP contribution in [0.15, 0.2) is 53.8 Å². The Morgan fingerprint density at radius 2 is 2.08 bits per heavy atom. The zero-order valence-electron chi connectivity index (χ0n) is 14.5. The van der Waals surface area contributed by atoms with Crippen LogP contribution < -0.4 is 5.73 Å². The van der Waals surface area contributed by atoms with Crippen LogP contribution in [0.1, 0.15) is 18.8 Å². The van der Waals surface area contributed by atoms with Gasteiger partial charge in [0.05, 0.1) is 0 Å². The molecule has 0 spiro atoms. The average Bonchev–Trinajstić information content (AvgIpc) is 2.65. The van der Waals surface area contributed by atoms with Crippen LogP contribution in [0, 0.1) is 0 Å². The number of ether oxygens (including phenoxy) is 2. The average molecular weight is 397 g/mol. The highest BCUT2D eigenvalue weighted by Crippen LogP contribution is 2.40. The maximum absolute atomic E-state index is 12.8. The summed E-state index contributed by atoms with van der Waals surface area (Å²) in [5.41, 5.74) is 7.57. The number of thioether (sulfide) groups is 1. The third-order valence-electron chi connectivity index (χ3n) is 4.10. The van der Waals surface area contributed by atoms with E-state index in [4.69, 9.17) is 15.2 Å². The zero-order valence-corrected chi connectivity index (χ0v) is 16.1. The molecule has 2 heterocycles. The van der Waals surface area contributed by atoms with Crippen molar-refractivity contribution in [1.82, 2.24) is 4.90 Å². The molecule has 6 nitrogen and oxygen atoms in total. The van der Waals surface area contributed by atoms with E-state index in [-0.39, 0.29) is 29.4 Å². The van der Waals surface area contributed by atoms with Gasteiger partial charge in [-0.3, -0.25) is 9.69 Å². The second-order valence-electron chi connectivity index (χ2n) is 5.69. The van der Waals surface area contributed by atoms with Gasteiger partial charge in [0.25, 0.3) is 0 Å². The molecular weight excluding hydrogens is 376 g/mol. The van der Waals surface area contributed by atoms with Crippen molar-refractivity contribution in [1.29, 1.82) is 0 Å². The number of methoxy groups -OCH3 is 1. The lowest BCUT2D eigenvalue weighted by atomic mass is 10.0. The Kier molecular flexibility index (Phi) is 6.88. The number of carbonyl (C=O) groups excluding carboxylic acids is 2. The second-order valence-corrected chi connectivity index (χ2v) is 6.80. The highest BCUT2D eigenvalue weighted by molar-refractivity contribution is 8.00. The number of nitrogens with zero attached hydrogens (tertiary/aromatic N) is 1. The number of carbonyl (C=O) groups is 2. The van der Waals surface area contributed by atoms with E-state index < -0.39 is 18.3 Å². The molecule has 3 rings (SSSR count). The summed E-state index contributed by atoms with van der Waals surface area (Å²) in [6, 6.07) is 8.59. The number of rotatable bonds is 5. The molecule has 8 heteroatoms. The van der Waals surface area contributed by atoms with Crippen LogP contribution in [0.2, 0.25) is 0 Å². The fourth-order valence-corrected chi connectivity index (χ4v) is 4.14. The first kappa shape index (κ1) is 20.5. The summed E-state index contributed by atoms with van der Waals surface area (Å²) in [7, 11) is 1.47. The summed E-state index contributed by atoms with van der Waals surface area (Å²) in [6.07, 6.45) is 2.81. The van der Waals surface area contributed by atoms with E-state index >= 15 is 0 Å². The van der Waals surface area contributed by atoms with E-state index in [9.17, 15) is 9.59 Å². The van der Waals surface area contributed by atoms with Gasteiger partial charge in [-0.25, -0.2) is 4.79 Å². The summed E-state index contributed by atoms with van der Waals surface area (Å²) < 4.78 is 10.8. The molecule has 3 atom stereocenters. The van der Waals surface area contributed by atoms with Crippen molar-refractivity contribution < 1.29 is 19.1 Å². The fourth-order valence-electron chi connectivity index (χ4n) is 2.87. The Morgan fingerprint density at radius 1 is 1.38 bits per heavy atom. The standard InChI is InChI=1S/C18H20N2O4S.ClH/c1-3-7-12-10-25-16-13(19)15(21)20(16)14(12)17(22)24-18(23-2)11-8-5-4-6-9-11;/h3-9,13,16,18H,10,19H2,1-2H3;1H/t13?,16-,18?;/m0./s1. The van der Waals surface area contributed by atoms with Crippen molar-refractivity contribution in [2.75, 3.05) is 12.9 Å². The topological polar surface area (TPSA) is 81.9 Å². The molecule has 1 amide bonds. The van der Waals surface area contributed by atoms with Crippen molar-refractivity contribution in [3.63, 3.8) is 0 Å². The largest absolute Gasteiger partial charge is 0.427 e. The lowest BCUT2D eigenvalue weighted by Gasteiger charge is -2.48. The fraction of sp³-hybridized carbons (Fsp3) is 0.333. The molecular formula is C18H21ClN2O4S. The van der Waals surface area contributed by atoms with Crippen molar-refractivity contribution in [3.05, 3.63) is 59.3 Å². The first-order valence-electron chi connectivity index (χ1n) is 7.93. The first-order chi connectivity index (χ1) is 12.1. The molecule has 140 valence electrons. The van der Waals surface area contributed by atoms with Gasteiger partial charge >= 0.3 is 5.97 Å². The van der Waals surface area contributed by atoms with Gasteiger partial charge < -0.3 is 15.2 Å². The van der Waals surface area contributed by atoms with Gasteiger partial charge in [-0.05, 0) is 12.5 Å². The second kappa shape index (κ2) is 8.73. The number of hydrogen-bond acceptors (Lipinski definition) is 6. The number of fused-ring (bicyclic) bond motifs is 1. The number of halogens is 1. The van der Waals surface area contributed by atoms with E-state index in [1.165, 1.54) is 12.0 Å². The summed E-state index contributed by atoms with van der Waals surface area (Å²) >= 11 is 1.55. The van der Waals surface area contributed by atoms with E-state index in [0.717, 1.165) is 11.1 Å². The number of benzene rings is 1. The quantitative estimate of drug-likeness (QED) is 0.467. The first-order valence-corrected chi connectivity index (χ1v) is 8.98. The van der Waals surface area contributed by atoms with Gasteiger partial charge in [0, 0.05) is 18.4 Å². The van der Waals surface area contributed by atoms with Crippen LogP contribution in [0.3, 0.4) is 0 Å². The summed E-state index contributed by atoms with van der Waals surface area (Å²) in [5, 5.41) is -0.221. The number of β-lactam (4-membered cyclic amide) rings is 1. The monoisotopic (exact) mass is 396 g/mol. The molecule has 0 bridgehead atoms. The minimum atomic E-state index is -0.842. The van der Waals surface area contributed by atoms with Crippen molar-refractivity contribution in [3.8, 4) is 0 Å². The van der Waals surface area contributed by atoms with Gasteiger partial charge in [0.1, 0.15) is 17.1 Å². The minimum Gasteiger partial charge on any atom is -0.427 e. The predicted molar refractivity (Wildman–Crippen MR) is 102 cm³/mol. The Balaban J connectivity index is 0.00000243. The van der Waals surface area contributed by atoms with E-state index in [0.29, 0.717) is 5.75 Å².